The summed E-state index contributed by atoms with van der Waals surface area (Å²) < 4.78 is 2.33. The van der Waals surface area contributed by atoms with Gasteiger partial charge in [0, 0.05) is 36.8 Å². The maximum Gasteiger partial charge on any atom is 0.113 e. The van der Waals surface area contributed by atoms with E-state index in [1.165, 1.54) is 27.7 Å². The molecule has 0 unspecified atom stereocenters. The monoisotopic (exact) mass is 531 g/mol. The maximum absolute atomic E-state index is 6.41. The minimum Gasteiger partial charge on any atom is -0.358 e. The SMILES string of the molecule is Clc1cc2nc(C3CCNCC3)n(Cc3ccc(CNCCc4cc5ccccc5[nH]4)cc3)c2cc1Cl. The number of aromatic nitrogens is 3. The largest absolute Gasteiger partial charge is 0.358 e. The number of fused-ring (bicyclic) bond motifs is 2. The molecule has 1 fully saturated rings. The fourth-order valence-corrected chi connectivity index (χ4v) is 5.68. The lowest BCUT2D eigenvalue weighted by atomic mass is 9.97. The maximum atomic E-state index is 6.41. The Morgan fingerprint density at radius 1 is 0.919 bits per heavy atom. The molecule has 5 nitrogen and oxygen atoms in total. The number of nitrogens with zero attached hydrogens (tertiary/aromatic N) is 2. The third-order valence-corrected chi connectivity index (χ3v) is 8.10. The van der Waals surface area contributed by atoms with Crippen LogP contribution in [0, 0.1) is 0 Å². The van der Waals surface area contributed by atoms with Crippen LogP contribution in [-0.2, 0) is 19.5 Å². The molecule has 5 aromatic rings. The van der Waals surface area contributed by atoms with E-state index in [0.29, 0.717) is 16.0 Å². The van der Waals surface area contributed by atoms with Crippen LogP contribution in [0.5, 0.6) is 0 Å². The number of benzene rings is 3. The number of nitrogens with one attached hydrogen (secondary N) is 3. The summed E-state index contributed by atoms with van der Waals surface area (Å²) in [6.07, 6.45) is 3.16. The van der Waals surface area contributed by atoms with Crippen LogP contribution in [0.1, 0.15) is 41.4 Å². The molecule has 3 aromatic carbocycles. The highest BCUT2D eigenvalue weighted by atomic mass is 35.5. The molecule has 3 heterocycles. The Kier molecular flexibility index (Phi) is 7.21. The van der Waals surface area contributed by atoms with Crippen molar-refractivity contribution in [2.75, 3.05) is 19.6 Å². The third kappa shape index (κ3) is 5.41. The number of hydrogen-bond acceptors (Lipinski definition) is 3. The second kappa shape index (κ2) is 10.9. The van der Waals surface area contributed by atoms with Gasteiger partial charge in [-0.3, -0.25) is 0 Å². The van der Waals surface area contributed by atoms with E-state index >= 15 is 0 Å². The van der Waals surface area contributed by atoms with Gasteiger partial charge in [0.05, 0.1) is 21.1 Å². The molecule has 37 heavy (non-hydrogen) atoms. The van der Waals surface area contributed by atoms with Crippen molar-refractivity contribution >= 4 is 45.1 Å². The van der Waals surface area contributed by atoms with Crippen LogP contribution in [0.15, 0.2) is 66.7 Å². The molecule has 0 spiro atoms. The average Bonchev–Trinajstić information content (AvgIpc) is 3.49. The molecule has 0 radical (unpaired) electrons. The van der Waals surface area contributed by atoms with Crippen molar-refractivity contribution in [3.05, 3.63) is 99.4 Å². The van der Waals surface area contributed by atoms with E-state index in [1.807, 2.05) is 12.1 Å². The van der Waals surface area contributed by atoms with Gasteiger partial charge in [-0.25, -0.2) is 4.98 Å². The highest BCUT2D eigenvalue weighted by molar-refractivity contribution is 6.42. The highest BCUT2D eigenvalue weighted by Crippen LogP contribution is 2.33. The summed E-state index contributed by atoms with van der Waals surface area (Å²) in [6.45, 7) is 4.60. The predicted octanol–water partition coefficient (Wildman–Crippen LogP) is 6.67. The van der Waals surface area contributed by atoms with E-state index in [1.54, 1.807) is 0 Å². The summed E-state index contributed by atoms with van der Waals surface area (Å²) in [5.41, 5.74) is 6.96. The first-order valence-corrected chi connectivity index (χ1v) is 13.8. The summed E-state index contributed by atoms with van der Waals surface area (Å²) in [7, 11) is 0. The van der Waals surface area contributed by atoms with Gasteiger partial charge in [-0.05, 0) is 73.1 Å². The zero-order chi connectivity index (χ0) is 25.2. The Labute approximate surface area is 227 Å². The van der Waals surface area contributed by atoms with Crippen molar-refractivity contribution in [1.82, 2.24) is 25.2 Å². The van der Waals surface area contributed by atoms with E-state index in [0.717, 1.165) is 68.8 Å². The third-order valence-electron chi connectivity index (χ3n) is 7.37. The molecule has 0 aliphatic carbocycles. The number of halogens is 2. The van der Waals surface area contributed by atoms with Crippen LogP contribution in [-0.4, -0.2) is 34.2 Å². The fourth-order valence-electron chi connectivity index (χ4n) is 5.37. The second-order valence-electron chi connectivity index (χ2n) is 9.96. The number of imidazole rings is 1. The molecule has 0 saturated carbocycles. The minimum absolute atomic E-state index is 0.437. The molecule has 1 aliphatic rings. The van der Waals surface area contributed by atoms with Gasteiger partial charge in [0.25, 0.3) is 0 Å². The van der Waals surface area contributed by atoms with Crippen molar-refractivity contribution in [2.45, 2.75) is 38.3 Å². The van der Waals surface area contributed by atoms with Crippen molar-refractivity contribution < 1.29 is 0 Å². The van der Waals surface area contributed by atoms with Gasteiger partial charge >= 0.3 is 0 Å². The molecule has 1 aliphatic heterocycles. The average molecular weight is 533 g/mol. The van der Waals surface area contributed by atoms with Gasteiger partial charge < -0.3 is 20.2 Å². The van der Waals surface area contributed by atoms with Gasteiger partial charge in [0.1, 0.15) is 5.82 Å². The molecule has 190 valence electrons. The van der Waals surface area contributed by atoms with Gasteiger partial charge in [-0.1, -0.05) is 65.7 Å². The zero-order valence-electron chi connectivity index (χ0n) is 20.7. The lowest BCUT2D eigenvalue weighted by Crippen LogP contribution is -2.28. The highest BCUT2D eigenvalue weighted by Gasteiger charge is 2.23. The Balaban J connectivity index is 1.13. The first kappa shape index (κ1) is 24.5. The summed E-state index contributed by atoms with van der Waals surface area (Å²) in [5, 5.41) is 9.43. The molecule has 6 rings (SSSR count). The topological polar surface area (TPSA) is 57.7 Å². The number of piperidine rings is 1. The lowest BCUT2D eigenvalue weighted by molar-refractivity contribution is 0.435. The summed E-state index contributed by atoms with van der Waals surface area (Å²) in [6, 6.07) is 23.4. The lowest BCUT2D eigenvalue weighted by Gasteiger charge is -2.23. The Morgan fingerprint density at radius 2 is 1.68 bits per heavy atom. The van der Waals surface area contributed by atoms with Crippen molar-refractivity contribution in [2.24, 2.45) is 0 Å². The van der Waals surface area contributed by atoms with E-state index < -0.39 is 0 Å². The predicted molar refractivity (Wildman–Crippen MR) is 154 cm³/mol. The van der Waals surface area contributed by atoms with Crippen molar-refractivity contribution in [1.29, 1.82) is 0 Å². The molecular weight excluding hydrogens is 501 g/mol. The van der Waals surface area contributed by atoms with Gasteiger partial charge in [0.2, 0.25) is 0 Å². The van der Waals surface area contributed by atoms with Gasteiger partial charge in [-0.15, -0.1) is 0 Å². The number of para-hydroxylation sites is 1. The molecule has 0 amide bonds. The molecule has 2 aromatic heterocycles. The quantitative estimate of drug-likeness (QED) is 0.196. The second-order valence-corrected chi connectivity index (χ2v) is 10.8. The molecule has 1 saturated heterocycles. The molecule has 0 bridgehead atoms. The van der Waals surface area contributed by atoms with Crippen LogP contribution in [0.25, 0.3) is 21.9 Å². The minimum atomic E-state index is 0.437. The zero-order valence-corrected chi connectivity index (χ0v) is 22.2. The first-order chi connectivity index (χ1) is 18.1. The van der Waals surface area contributed by atoms with Crippen LogP contribution in [0.2, 0.25) is 10.0 Å². The van der Waals surface area contributed by atoms with E-state index in [4.69, 9.17) is 28.2 Å². The fraction of sp³-hybridized carbons (Fsp3) is 0.300. The molecule has 0 atom stereocenters. The van der Waals surface area contributed by atoms with E-state index in [9.17, 15) is 0 Å². The van der Waals surface area contributed by atoms with Crippen LogP contribution < -0.4 is 10.6 Å². The number of hydrogen-bond donors (Lipinski definition) is 3. The van der Waals surface area contributed by atoms with Crippen LogP contribution in [0.3, 0.4) is 0 Å². The smallest absolute Gasteiger partial charge is 0.113 e. The first-order valence-electron chi connectivity index (χ1n) is 13.0. The molecular formula is C30H31Cl2N5. The van der Waals surface area contributed by atoms with Crippen molar-refractivity contribution in [3.8, 4) is 0 Å². The van der Waals surface area contributed by atoms with E-state index in [2.05, 4.69) is 74.8 Å². The summed E-state index contributed by atoms with van der Waals surface area (Å²) in [4.78, 5) is 8.52. The standard InChI is InChI=1S/C30H31Cl2N5/c31-25-16-28-29(17-26(25)32)37(30(36-28)22-9-12-33-13-10-22)19-21-7-5-20(6-8-21)18-34-14-11-24-15-23-3-1-2-4-27(23)35-24/h1-8,15-17,22,33-35H,9-14,18-19H2. The van der Waals surface area contributed by atoms with E-state index in [-0.39, 0.29) is 0 Å². The Morgan fingerprint density at radius 3 is 2.49 bits per heavy atom. The molecule has 3 N–H and O–H groups in total. The summed E-state index contributed by atoms with van der Waals surface area (Å²) >= 11 is 12.7. The van der Waals surface area contributed by atoms with Crippen LogP contribution >= 0.6 is 23.2 Å². The van der Waals surface area contributed by atoms with Gasteiger partial charge in [0.15, 0.2) is 0 Å². The molecule has 7 heteroatoms. The number of H-pyrrole nitrogens is 1. The Bertz CT molecular complexity index is 1480. The normalized spacial score (nSPS) is 14.6. The Hall–Kier alpha value is -2.83. The number of aromatic amines is 1. The van der Waals surface area contributed by atoms with Crippen molar-refractivity contribution in [3.63, 3.8) is 0 Å². The van der Waals surface area contributed by atoms with Crippen LogP contribution in [0.4, 0.5) is 0 Å². The van der Waals surface area contributed by atoms with Gasteiger partial charge in [-0.2, -0.15) is 0 Å². The summed E-state index contributed by atoms with van der Waals surface area (Å²) in [5.74, 6) is 1.57. The number of rotatable bonds is 8.